The molecule has 0 aliphatic rings. The summed E-state index contributed by atoms with van der Waals surface area (Å²) in [6.07, 6.45) is 1.17. The molecule has 1 nitrogen and oxygen atoms in total. The zero-order chi connectivity index (χ0) is 18.2. The van der Waals surface area contributed by atoms with Gasteiger partial charge in [0, 0.05) is 6.54 Å². The van der Waals surface area contributed by atoms with E-state index in [4.69, 9.17) is 0 Å². The Labute approximate surface area is 159 Å². The summed E-state index contributed by atoms with van der Waals surface area (Å²) in [5, 5.41) is 4.43. The van der Waals surface area contributed by atoms with Crippen LogP contribution in [0.15, 0.2) is 91.0 Å². The van der Waals surface area contributed by atoms with Gasteiger partial charge in [-0.15, -0.1) is 0 Å². The Bertz CT molecular complexity index is 670. The van der Waals surface area contributed by atoms with E-state index in [2.05, 4.69) is 110 Å². The van der Waals surface area contributed by atoms with Crippen molar-refractivity contribution in [2.75, 3.05) is 25.8 Å². The Morgan fingerprint density at radius 2 is 0.923 bits per heavy atom. The lowest BCUT2D eigenvalue weighted by Gasteiger charge is -2.39. The fourth-order valence-corrected chi connectivity index (χ4v) is 8.01. The molecule has 26 heavy (non-hydrogen) atoms. The topological polar surface area (TPSA) is 3.24 Å². The lowest BCUT2D eigenvalue weighted by Crippen LogP contribution is -2.37. The highest BCUT2D eigenvalue weighted by Crippen LogP contribution is 2.55. The van der Waals surface area contributed by atoms with Gasteiger partial charge in [-0.2, -0.15) is 0 Å². The summed E-state index contributed by atoms with van der Waals surface area (Å²) in [6, 6.07) is 33.5. The van der Waals surface area contributed by atoms with Gasteiger partial charge < -0.3 is 4.90 Å². The van der Waals surface area contributed by atoms with Gasteiger partial charge in [-0.3, -0.25) is 0 Å². The van der Waals surface area contributed by atoms with Gasteiger partial charge in [0.2, 0.25) is 0 Å². The second-order valence-electron chi connectivity index (χ2n) is 6.57. The number of hydrogen-bond donors (Lipinski definition) is 0. The van der Waals surface area contributed by atoms with E-state index in [0.29, 0.717) is 0 Å². The average Bonchev–Trinajstić information content (AvgIpc) is 2.74. The van der Waals surface area contributed by atoms with Crippen molar-refractivity contribution in [2.45, 2.75) is 13.8 Å². The molecular formula is C24H29NP. The first-order chi connectivity index (χ1) is 12.8. The van der Waals surface area contributed by atoms with Crippen molar-refractivity contribution in [3.8, 4) is 0 Å². The molecule has 1 radical (unpaired) electrons. The number of rotatable bonds is 8. The molecule has 0 bridgehead atoms. The molecule has 0 fully saturated rings. The lowest BCUT2D eigenvalue weighted by molar-refractivity contribution is 0.323. The molecule has 0 aliphatic carbocycles. The SMILES string of the molecule is CCN(CC)CC[P](c1ccccc1)(c1ccccc1)c1ccccc1. The van der Waals surface area contributed by atoms with Crippen LogP contribution in [-0.2, 0) is 0 Å². The molecule has 0 spiro atoms. The van der Waals surface area contributed by atoms with E-state index in [-0.39, 0.29) is 0 Å². The predicted molar refractivity (Wildman–Crippen MR) is 118 cm³/mol. The highest BCUT2D eigenvalue weighted by molar-refractivity contribution is 7.95. The Morgan fingerprint density at radius 3 is 1.23 bits per heavy atom. The average molecular weight is 362 g/mol. The Morgan fingerprint density at radius 1 is 0.577 bits per heavy atom. The molecule has 2 heteroatoms. The van der Waals surface area contributed by atoms with Crippen molar-refractivity contribution in [3.05, 3.63) is 91.0 Å². The first-order valence-corrected chi connectivity index (χ1v) is 11.6. The normalized spacial score (nSPS) is 11.7. The molecule has 0 saturated heterocycles. The van der Waals surface area contributed by atoms with Crippen molar-refractivity contribution in [3.63, 3.8) is 0 Å². The molecule has 3 rings (SSSR count). The monoisotopic (exact) mass is 362 g/mol. The minimum Gasteiger partial charge on any atom is -0.304 e. The van der Waals surface area contributed by atoms with Crippen LogP contribution in [0, 0.1) is 0 Å². The molecular weight excluding hydrogens is 333 g/mol. The van der Waals surface area contributed by atoms with Gasteiger partial charge in [0.25, 0.3) is 0 Å². The van der Waals surface area contributed by atoms with Crippen LogP contribution >= 0.6 is 7.26 Å². The largest absolute Gasteiger partial charge is 0.304 e. The van der Waals surface area contributed by atoms with Crippen LogP contribution in [0.3, 0.4) is 0 Å². The quantitative estimate of drug-likeness (QED) is 0.540. The predicted octanol–water partition coefficient (Wildman–Crippen LogP) is 4.32. The van der Waals surface area contributed by atoms with Gasteiger partial charge in [0.05, 0.1) is 0 Å². The van der Waals surface area contributed by atoms with Crippen LogP contribution < -0.4 is 15.9 Å². The van der Waals surface area contributed by atoms with E-state index in [1.54, 1.807) is 0 Å². The van der Waals surface area contributed by atoms with E-state index >= 15 is 0 Å². The summed E-state index contributed by atoms with van der Waals surface area (Å²) in [5.74, 6) is 0. The van der Waals surface area contributed by atoms with Gasteiger partial charge in [0.15, 0.2) is 0 Å². The van der Waals surface area contributed by atoms with E-state index in [1.165, 1.54) is 22.1 Å². The third-order valence-corrected chi connectivity index (χ3v) is 9.65. The van der Waals surface area contributed by atoms with Crippen LogP contribution in [0.2, 0.25) is 0 Å². The van der Waals surface area contributed by atoms with Crippen molar-refractivity contribution < 1.29 is 0 Å². The molecule has 0 amide bonds. The van der Waals surface area contributed by atoms with Gasteiger partial charge in [-0.05, 0) is 42.4 Å². The Hall–Kier alpha value is -1.95. The van der Waals surface area contributed by atoms with E-state index in [9.17, 15) is 0 Å². The lowest BCUT2D eigenvalue weighted by atomic mass is 10.4. The summed E-state index contributed by atoms with van der Waals surface area (Å²) < 4.78 is 0. The summed E-state index contributed by atoms with van der Waals surface area (Å²) in [5.41, 5.74) is 0. The van der Waals surface area contributed by atoms with Crippen molar-refractivity contribution in [2.24, 2.45) is 0 Å². The first kappa shape index (κ1) is 18.8. The van der Waals surface area contributed by atoms with Crippen molar-refractivity contribution >= 4 is 23.2 Å². The van der Waals surface area contributed by atoms with Gasteiger partial charge in [-0.25, -0.2) is 0 Å². The second kappa shape index (κ2) is 9.12. The van der Waals surface area contributed by atoms with E-state index in [1.807, 2.05) is 0 Å². The van der Waals surface area contributed by atoms with Crippen LogP contribution in [-0.4, -0.2) is 30.7 Å². The third kappa shape index (κ3) is 3.90. The van der Waals surface area contributed by atoms with E-state index < -0.39 is 7.26 Å². The highest BCUT2D eigenvalue weighted by Gasteiger charge is 2.33. The van der Waals surface area contributed by atoms with Crippen LogP contribution in [0.25, 0.3) is 0 Å². The van der Waals surface area contributed by atoms with Crippen LogP contribution in [0.1, 0.15) is 13.8 Å². The second-order valence-corrected chi connectivity index (χ2v) is 10.2. The number of hydrogen-bond acceptors (Lipinski definition) is 1. The zero-order valence-electron chi connectivity index (χ0n) is 15.9. The molecule has 0 heterocycles. The fraction of sp³-hybridized carbons (Fsp3) is 0.250. The molecule has 3 aromatic carbocycles. The molecule has 0 aromatic heterocycles. The summed E-state index contributed by atoms with van der Waals surface area (Å²) in [6.45, 7) is 7.86. The Balaban J connectivity index is 2.18. The molecule has 135 valence electrons. The maximum Gasteiger partial charge on any atom is 0.00262 e. The van der Waals surface area contributed by atoms with Gasteiger partial charge in [0.1, 0.15) is 0 Å². The summed E-state index contributed by atoms with van der Waals surface area (Å²) >= 11 is 0. The number of nitrogens with zero attached hydrogens (tertiary/aromatic N) is 1. The maximum absolute atomic E-state index is 2.55. The highest BCUT2D eigenvalue weighted by atomic mass is 31.2. The minimum absolute atomic E-state index is 1.11. The van der Waals surface area contributed by atoms with Gasteiger partial charge in [-0.1, -0.05) is 105 Å². The third-order valence-electron chi connectivity index (χ3n) is 5.24. The summed E-state index contributed by atoms with van der Waals surface area (Å²) in [4.78, 5) is 2.55. The maximum atomic E-state index is 2.55. The standard InChI is InChI=1S/C24H29NP/c1-3-25(4-2)20-21-26(22-14-8-5-9-15-22,23-16-10-6-11-17-23)24-18-12-7-13-19-24/h5-19H,3-4,20-21H2,1-2H3. The molecule has 0 saturated carbocycles. The van der Waals surface area contributed by atoms with Gasteiger partial charge >= 0.3 is 0 Å². The molecule has 0 atom stereocenters. The van der Waals surface area contributed by atoms with Crippen molar-refractivity contribution in [1.29, 1.82) is 0 Å². The number of benzene rings is 3. The molecule has 0 N–H and O–H groups in total. The smallest absolute Gasteiger partial charge is 0.00262 e. The zero-order valence-corrected chi connectivity index (χ0v) is 16.8. The molecule has 0 unspecified atom stereocenters. The van der Waals surface area contributed by atoms with E-state index in [0.717, 1.165) is 19.6 Å². The molecule has 3 aromatic rings. The van der Waals surface area contributed by atoms with Crippen LogP contribution in [0.4, 0.5) is 0 Å². The fourth-order valence-electron chi connectivity index (χ4n) is 3.71. The Kier molecular flexibility index (Phi) is 6.61. The molecule has 0 aliphatic heterocycles. The van der Waals surface area contributed by atoms with Crippen molar-refractivity contribution in [1.82, 2.24) is 4.90 Å². The first-order valence-electron chi connectivity index (χ1n) is 9.58. The van der Waals surface area contributed by atoms with Crippen LogP contribution in [0.5, 0.6) is 0 Å². The summed E-state index contributed by atoms with van der Waals surface area (Å²) in [7, 11) is -1.68. The minimum atomic E-state index is -1.68.